The van der Waals surface area contributed by atoms with Gasteiger partial charge in [-0.05, 0) is 44.2 Å². The topological polar surface area (TPSA) is 40.3 Å². The Balaban J connectivity index is 1.68. The molecule has 1 aromatic heterocycles. The number of hydroxylamine groups is 2. The van der Waals surface area contributed by atoms with Gasteiger partial charge in [0.25, 0.3) is 0 Å². The molecule has 1 aromatic carbocycles. The first-order chi connectivity index (χ1) is 10.5. The largest absolute Gasteiger partial charge is 0.358 e. The van der Waals surface area contributed by atoms with Crippen LogP contribution >= 0.6 is 0 Å². The van der Waals surface area contributed by atoms with Crippen LogP contribution in [-0.2, 0) is 10.3 Å². The molecule has 2 atom stereocenters. The molecule has 0 bridgehead atoms. The zero-order chi connectivity index (χ0) is 15.4. The third kappa shape index (κ3) is 2.26. The van der Waals surface area contributed by atoms with Gasteiger partial charge >= 0.3 is 0 Å². The standard InChI is InChI=1S/C18H25N3O/c1-17(2,3)22-21-10-14-9-19-11-18(14,12-21)16-8-13-6-4-5-7-15(13)20-16/h4-8,14,19-20H,9-12H2,1-3H3. The number of benzene rings is 1. The highest BCUT2D eigenvalue weighted by atomic mass is 16.7. The van der Waals surface area contributed by atoms with E-state index >= 15 is 0 Å². The van der Waals surface area contributed by atoms with Crippen molar-refractivity contribution in [1.82, 2.24) is 15.4 Å². The van der Waals surface area contributed by atoms with E-state index in [0.29, 0.717) is 5.92 Å². The van der Waals surface area contributed by atoms with E-state index in [-0.39, 0.29) is 11.0 Å². The minimum atomic E-state index is -0.131. The maximum atomic E-state index is 6.15. The fourth-order valence-corrected chi connectivity index (χ4v) is 4.06. The molecule has 4 nitrogen and oxygen atoms in total. The van der Waals surface area contributed by atoms with Gasteiger partial charge in [-0.3, -0.25) is 4.84 Å². The Morgan fingerprint density at radius 1 is 1.27 bits per heavy atom. The van der Waals surface area contributed by atoms with Crippen LogP contribution in [0.4, 0.5) is 0 Å². The van der Waals surface area contributed by atoms with E-state index in [9.17, 15) is 0 Å². The average Bonchev–Trinajstić information content (AvgIpc) is 3.06. The number of rotatable bonds is 2. The molecule has 2 aliphatic heterocycles. The molecule has 2 unspecified atom stereocenters. The third-order valence-electron chi connectivity index (χ3n) is 4.96. The zero-order valence-electron chi connectivity index (χ0n) is 13.6. The second-order valence-corrected chi connectivity index (χ2v) is 7.78. The quantitative estimate of drug-likeness (QED) is 0.895. The summed E-state index contributed by atoms with van der Waals surface area (Å²) in [6.07, 6.45) is 0. The molecule has 0 aliphatic carbocycles. The Morgan fingerprint density at radius 2 is 2.09 bits per heavy atom. The predicted octanol–water partition coefficient (Wildman–Crippen LogP) is 2.67. The van der Waals surface area contributed by atoms with E-state index < -0.39 is 0 Å². The van der Waals surface area contributed by atoms with Crippen molar-refractivity contribution >= 4 is 10.9 Å². The molecule has 3 heterocycles. The zero-order valence-corrected chi connectivity index (χ0v) is 13.6. The van der Waals surface area contributed by atoms with Crippen molar-refractivity contribution in [1.29, 1.82) is 0 Å². The number of aromatic nitrogens is 1. The monoisotopic (exact) mass is 299 g/mol. The van der Waals surface area contributed by atoms with Crippen molar-refractivity contribution in [3.05, 3.63) is 36.0 Å². The lowest BCUT2D eigenvalue weighted by atomic mass is 9.78. The molecule has 0 saturated carbocycles. The molecular formula is C18H25N3O. The van der Waals surface area contributed by atoms with E-state index in [2.05, 4.69) is 66.5 Å². The summed E-state index contributed by atoms with van der Waals surface area (Å²) in [5, 5.41) is 7.07. The van der Waals surface area contributed by atoms with Crippen molar-refractivity contribution in [3.63, 3.8) is 0 Å². The number of hydrogen-bond donors (Lipinski definition) is 2. The van der Waals surface area contributed by atoms with Gasteiger partial charge in [-0.1, -0.05) is 18.2 Å². The first-order valence-electron chi connectivity index (χ1n) is 8.19. The molecule has 2 fully saturated rings. The normalized spacial score (nSPS) is 29.3. The summed E-state index contributed by atoms with van der Waals surface area (Å²) in [6, 6.07) is 10.9. The molecular weight excluding hydrogens is 274 g/mol. The summed E-state index contributed by atoms with van der Waals surface area (Å²) < 4.78 is 0. The smallest absolute Gasteiger partial charge is 0.0815 e. The van der Waals surface area contributed by atoms with E-state index in [1.165, 1.54) is 16.6 Å². The molecule has 0 amide bonds. The Kier molecular flexibility index (Phi) is 3.12. The van der Waals surface area contributed by atoms with Gasteiger partial charge in [-0.25, -0.2) is 0 Å². The van der Waals surface area contributed by atoms with E-state index in [1.807, 2.05) is 0 Å². The Labute approximate surface area is 131 Å². The molecule has 2 saturated heterocycles. The van der Waals surface area contributed by atoms with Gasteiger partial charge in [0.2, 0.25) is 0 Å². The van der Waals surface area contributed by atoms with Crippen molar-refractivity contribution in [2.45, 2.75) is 31.8 Å². The van der Waals surface area contributed by atoms with Crippen LogP contribution in [0.2, 0.25) is 0 Å². The fourth-order valence-electron chi connectivity index (χ4n) is 4.06. The molecule has 2 aliphatic rings. The third-order valence-corrected chi connectivity index (χ3v) is 4.96. The van der Waals surface area contributed by atoms with Gasteiger partial charge in [0.15, 0.2) is 0 Å². The van der Waals surface area contributed by atoms with Crippen LogP contribution in [0.15, 0.2) is 30.3 Å². The van der Waals surface area contributed by atoms with E-state index in [0.717, 1.165) is 26.2 Å². The maximum absolute atomic E-state index is 6.15. The highest BCUT2D eigenvalue weighted by Crippen LogP contribution is 2.42. The fraction of sp³-hybridized carbons (Fsp3) is 0.556. The van der Waals surface area contributed by atoms with Crippen LogP contribution in [0.1, 0.15) is 26.5 Å². The van der Waals surface area contributed by atoms with Crippen LogP contribution in [0.25, 0.3) is 10.9 Å². The summed E-state index contributed by atoms with van der Waals surface area (Å²) in [6.45, 7) is 10.4. The Morgan fingerprint density at radius 3 is 2.86 bits per heavy atom. The van der Waals surface area contributed by atoms with E-state index in [1.54, 1.807) is 0 Å². The second-order valence-electron chi connectivity index (χ2n) is 7.78. The lowest BCUT2D eigenvalue weighted by Crippen LogP contribution is -2.39. The molecule has 4 heteroatoms. The van der Waals surface area contributed by atoms with Gasteiger partial charge in [0.05, 0.1) is 5.60 Å². The molecule has 118 valence electrons. The minimum Gasteiger partial charge on any atom is -0.358 e. The predicted molar refractivity (Wildman–Crippen MR) is 88.7 cm³/mol. The van der Waals surface area contributed by atoms with Gasteiger partial charge in [-0.2, -0.15) is 5.06 Å². The maximum Gasteiger partial charge on any atom is 0.0815 e. The second kappa shape index (κ2) is 4.82. The number of nitrogens with zero attached hydrogens (tertiary/aromatic N) is 1. The highest BCUT2D eigenvalue weighted by Gasteiger charge is 2.52. The van der Waals surface area contributed by atoms with Gasteiger partial charge in [0.1, 0.15) is 0 Å². The van der Waals surface area contributed by atoms with E-state index in [4.69, 9.17) is 4.84 Å². The van der Waals surface area contributed by atoms with Crippen molar-refractivity contribution in [2.24, 2.45) is 5.92 Å². The number of para-hydroxylation sites is 1. The Hall–Kier alpha value is -1.36. The van der Waals surface area contributed by atoms with Gasteiger partial charge in [0, 0.05) is 42.8 Å². The summed E-state index contributed by atoms with van der Waals surface area (Å²) in [4.78, 5) is 9.81. The summed E-state index contributed by atoms with van der Waals surface area (Å²) in [5.74, 6) is 0.600. The molecule has 4 rings (SSSR count). The van der Waals surface area contributed by atoms with Gasteiger partial charge in [-0.15, -0.1) is 0 Å². The van der Waals surface area contributed by atoms with Gasteiger partial charge < -0.3 is 10.3 Å². The Bertz CT molecular complexity index is 654. The molecule has 22 heavy (non-hydrogen) atoms. The lowest BCUT2D eigenvalue weighted by Gasteiger charge is -2.30. The number of nitrogens with one attached hydrogen (secondary N) is 2. The van der Waals surface area contributed by atoms with Crippen molar-refractivity contribution < 1.29 is 4.84 Å². The van der Waals surface area contributed by atoms with Crippen LogP contribution in [-0.4, -0.2) is 41.8 Å². The SMILES string of the molecule is CC(C)(C)ON1CC2CNCC2(c2cc3ccccc3[nH]2)C1. The van der Waals surface area contributed by atoms with Crippen LogP contribution in [0.5, 0.6) is 0 Å². The van der Waals surface area contributed by atoms with Crippen molar-refractivity contribution in [2.75, 3.05) is 26.2 Å². The number of aromatic amines is 1. The van der Waals surface area contributed by atoms with Crippen LogP contribution in [0.3, 0.4) is 0 Å². The number of H-pyrrole nitrogens is 1. The summed E-state index contributed by atoms with van der Waals surface area (Å²) >= 11 is 0. The first kappa shape index (κ1) is 14.2. The first-order valence-corrected chi connectivity index (χ1v) is 8.19. The van der Waals surface area contributed by atoms with Crippen molar-refractivity contribution in [3.8, 4) is 0 Å². The van der Waals surface area contributed by atoms with Crippen LogP contribution in [0, 0.1) is 5.92 Å². The molecule has 0 spiro atoms. The average molecular weight is 299 g/mol. The molecule has 2 N–H and O–H groups in total. The number of fused-ring (bicyclic) bond motifs is 2. The molecule has 2 aromatic rings. The minimum absolute atomic E-state index is 0.131. The van der Waals surface area contributed by atoms with Crippen LogP contribution < -0.4 is 5.32 Å². The lowest BCUT2D eigenvalue weighted by molar-refractivity contribution is -0.220. The number of hydrogen-bond acceptors (Lipinski definition) is 3. The summed E-state index contributed by atoms with van der Waals surface area (Å²) in [5.41, 5.74) is 2.59. The summed E-state index contributed by atoms with van der Waals surface area (Å²) in [7, 11) is 0. The highest BCUT2D eigenvalue weighted by molar-refractivity contribution is 5.80. The molecule has 0 radical (unpaired) electrons.